The van der Waals surface area contributed by atoms with Crippen molar-refractivity contribution in [1.29, 1.82) is 0 Å². The molecule has 0 spiro atoms. The van der Waals surface area contributed by atoms with Gasteiger partial charge in [0.2, 0.25) is 0 Å². The van der Waals surface area contributed by atoms with E-state index in [0.717, 1.165) is 22.3 Å². The average molecular weight is 202 g/mol. The van der Waals surface area contributed by atoms with Crippen LogP contribution in [0.2, 0.25) is 0 Å². The SMILES string of the molecule is C=C(C)/C=C/c1cc(F)ccc1C(=C)C. The van der Waals surface area contributed by atoms with Crippen molar-refractivity contribution >= 4 is 11.6 Å². The van der Waals surface area contributed by atoms with Gasteiger partial charge in [-0.1, -0.05) is 42.5 Å². The zero-order valence-electron chi connectivity index (χ0n) is 9.18. The van der Waals surface area contributed by atoms with Gasteiger partial charge in [0.25, 0.3) is 0 Å². The molecule has 15 heavy (non-hydrogen) atoms. The fourth-order valence-corrected chi connectivity index (χ4v) is 1.29. The number of rotatable bonds is 3. The van der Waals surface area contributed by atoms with Gasteiger partial charge >= 0.3 is 0 Å². The van der Waals surface area contributed by atoms with Crippen LogP contribution in [0.3, 0.4) is 0 Å². The summed E-state index contributed by atoms with van der Waals surface area (Å²) in [6.45, 7) is 11.4. The van der Waals surface area contributed by atoms with Crippen molar-refractivity contribution in [1.82, 2.24) is 0 Å². The summed E-state index contributed by atoms with van der Waals surface area (Å²) in [7, 11) is 0. The van der Waals surface area contributed by atoms with Crippen LogP contribution in [0.25, 0.3) is 11.6 Å². The normalized spacial score (nSPS) is 10.6. The molecule has 0 unspecified atom stereocenters. The zero-order valence-corrected chi connectivity index (χ0v) is 9.18. The van der Waals surface area contributed by atoms with Crippen LogP contribution in [-0.2, 0) is 0 Å². The van der Waals surface area contributed by atoms with Crippen LogP contribution in [0.15, 0.2) is 43.0 Å². The molecule has 0 aromatic heterocycles. The molecular formula is C14H15F. The van der Waals surface area contributed by atoms with Gasteiger partial charge < -0.3 is 0 Å². The van der Waals surface area contributed by atoms with E-state index in [9.17, 15) is 4.39 Å². The maximum absolute atomic E-state index is 13.0. The van der Waals surface area contributed by atoms with Crippen molar-refractivity contribution in [2.45, 2.75) is 13.8 Å². The van der Waals surface area contributed by atoms with Crippen LogP contribution in [0.4, 0.5) is 4.39 Å². The number of allylic oxidation sites excluding steroid dienone is 3. The van der Waals surface area contributed by atoms with Crippen LogP contribution >= 0.6 is 0 Å². The Hall–Kier alpha value is -1.63. The van der Waals surface area contributed by atoms with Gasteiger partial charge in [0, 0.05) is 0 Å². The van der Waals surface area contributed by atoms with E-state index in [-0.39, 0.29) is 5.82 Å². The highest BCUT2D eigenvalue weighted by Crippen LogP contribution is 2.20. The highest BCUT2D eigenvalue weighted by molar-refractivity contribution is 5.72. The van der Waals surface area contributed by atoms with Gasteiger partial charge in [-0.15, -0.1) is 0 Å². The average Bonchev–Trinajstić information content (AvgIpc) is 2.14. The van der Waals surface area contributed by atoms with Crippen LogP contribution < -0.4 is 0 Å². The number of halogens is 1. The Balaban J connectivity index is 3.18. The predicted octanol–water partition coefficient (Wildman–Crippen LogP) is 4.45. The molecule has 0 radical (unpaired) electrons. The molecule has 1 rings (SSSR count). The van der Waals surface area contributed by atoms with Crippen LogP contribution in [0, 0.1) is 5.82 Å². The van der Waals surface area contributed by atoms with Gasteiger partial charge in [-0.2, -0.15) is 0 Å². The Kier molecular flexibility index (Phi) is 3.62. The van der Waals surface area contributed by atoms with E-state index in [2.05, 4.69) is 13.2 Å². The monoisotopic (exact) mass is 202 g/mol. The summed E-state index contributed by atoms with van der Waals surface area (Å²) in [5.41, 5.74) is 3.67. The molecule has 0 atom stereocenters. The van der Waals surface area contributed by atoms with Crippen LogP contribution in [-0.4, -0.2) is 0 Å². The highest BCUT2D eigenvalue weighted by Gasteiger charge is 2.01. The van der Waals surface area contributed by atoms with Crippen LogP contribution in [0.1, 0.15) is 25.0 Å². The van der Waals surface area contributed by atoms with Gasteiger partial charge in [-0.25, -0.2) is 4.39 Å². The molecule has 1 aromatic rings. The lowest BCUT2D eigenvalue weighted by Crippen LogP contribution is -1.86. The first-order chi connectivity index (χ1) is 7.00. The third kappa shape index (κ3) is 3.21. The number of hydrogen-bond acceptors (Lipinski definition) is 0. The van der Waals surface area contributed by atoms with Crippen molar-refractivity contribution in [3.63, 3.8) is 0 Å². The quantitative estimate of drug-likeness (QED) is 0.635. The van der Waals surface area contributed by atoms with E-state index >= 15 is 0 Å². The van der Waals surface area contributed by atoms with Gasteiger partial charge in [-0.05, 0) is 37.1 Å². The van der Waals surface area contributed by atoms with Gasteiger partial charge in [0.05, 0.1) is 0 Å². The Morgan fingerprint density at radius 1 is 1.27 bits per heavy atom. The Bertz CT molecular complexity index is 425. The molecule has 0 fully saturated rings. The summed E-state index contributed by atoms with van der Waals surface area (Å²) in [5.74, 6) is -0.235. The standard InChI is InChI=1S/C14H15F/c1-10(2)5-6-12-9-13(15)7-8-14(12)11(3)4/h5-9H,1,3H2,2,4H3/b6-5+. The van der Waals surface area contributed by atoms with Crippen molar-refractivity contribution in [3.8, 4) is 0 Å². The van der Waals surface area contributed by atoms with E-state index < -0.39 is 0 Å². The molecule has 0 amide bonds. The summed E-state index contributed by atoms with van der Waals surface area (Å²) in [4.78, 5) is 0. The smallest absolute Gasteiger partial charge is 0.123 e. The molecule has 0 bridgehead atoms. The first-order valence-corrected chi connectivity index (χ1v) is 4.79. The van der Waals surface area contributed by atoms with E-state index in [1.165, 1.54) is 12.1 Å². The third-order valence-corrected chi connectivity index (χ3v) is 2.02. The minimum absolute atomic E-state index is 0.235. The molecule has 0 saturated carbocycles. The Morgan fingerprint density at radius 3 is 2.47 bits per heavy atom. The lowest BCUT2D eigenvalue weighted by Gasteiger charge is -2.05. The van der Waals surface area contributed by atoms with E-state index in [4.69, 9.17) is 0 Å². The number of hydrogen-bond donors (Lipinski definition) is 0. The maximum Gasteiger partial charge on any atom is 0.123 e. The van der Waals surface area contributed by atoms with E-state index in [1.54, 1.807) is 6.07 Å². The van der Waals surface area contributed by atoms with Crippen molar-refractivity contribution in [2.75, 3.05) is 0 Å². The van der Waals surface area contributed by atoms with Crippen LogP contribution in [0.5, 0.6) is 0 Å². The summed E-state index contributed by atoms with van der Waals surface area (Å²) in [6, 6.07) is 4.70. The molecule has 0 aliphatic heterocycles. The lowest BCUT2D eigenvalue weighted by molar-refractivity contribution is 0.627. The molecule has 0 aliphatic rings. The van der Waals surface area contributed by atoms with Crippen molar-refractivity contribution in [2.24, 2.45) is 0 Å². The minimum Gasteiger partial charge on any atom is -0.207 e. The fraction of sp³-hybridized carbons (Fsp3) is 0.143. The van der Waals surface area contributed by atoms with Crippen molar-refractivity contribution in [3.05, 3.63) is 60.0 Å². The maximum atomic E-state index is 13.0. The molecule has 78 valence electrons. The molecule has 0 saturated heterocycles. The highest BCUT2D eigenvalue weighted by atomic mass is 19.1. The molecule has 0 aliphatic carbocycles. The minimum atomic E-state index is -0.235. The molecule has 0 N–H and O–H groups in total. The van der Waals surface area contributed by atoms with E-state index in [1.807, 2.05) is 26.0 Å². The summed E-state index contributed by atoms with van der Waals surface area (Å²) in [5, 5.41) is 0. The second-order valence-electron chi connectivity index (χ2n) is 3.69. The topological polar surface area (TPSA) is 0 Å². The van der Waals surface area contributed by atoms with Gasteiger partial charge in [0.15, 0.2) is 0 Å². The third-order valence-electron chi connectivity index (χ3n) is 2.02. The lowest BCUT2D eigenvalue weighted by atomic mass is 10.0. The molecule has 1 heteroatoms. The second-order valence-corrected chi connectivity index (χ2v) is 3.69. The fourth-order valence-electron chi connectivity index (χ4n) is 1.29. The molecule has 0 nitrogen and oxygen atoms in total. The molecule has 1 aromatic carbocycles. The van der Waals surface area contributed by atoms with Crippen molar-refractivity contribution < 1.29 is 4.39 Å². The second kappa shape index (κ2) is 4.74. The predicted molar refractivity (Wildman–Crippen MR) is 65.0 cm³/mol. The zero-order chi connectivity index (χ0) is 11.4. The first-order valence-electron chi connectivity index (χ1n) is 4.79. The van der Waals surface area contributed by atoms with Gasteiger partial charge in [-0.3, -0.25) is 0 Å². The molecule has 0 heterocycles. The van der Waals surface area contributed by atoms with E-state index in [0.29, 0.717) is 0 Å². The Labute approximate surface area is 90.4 Å². The number of benzene rings is 1. The summed E-state index contributed by atoms with van der Waals surface area (Å²) < 4.78 is 13.0. The largest absolute Gasteiger partial charge is 0.207 e. The van der Waals surface area contributed by atoms with Gasteiger partial charge in [0.1, 0.15) is 5.82 Å². The Morgan fingerprint density at radius 2 is 1.93 bits per heavy atom. The first kappa shape index (κ1) is 11.4. The summed E-state index contributed by atoms with van der Waals surface area (Å²) in [6.07, 6.45) is 3.72. The summed E-state index contributed by atoms with van der Waals surface area (Å²) >= 11 is 0. The molecular weight excluding hydrogens is 187 g/mol.